The molecule has 0 bridgehead atoms. The summed E-state index contributed by atoms with van der Waals surface area (Å²) in [6.45, 7) is 2.70. The van der Waals surface area contributed by atoms with Gasteiger partial charge in [0.1, 0.15) is 5.75 Å². The van der Waals surface area contributed by atoms with E-state index in [-0.39, 0.29) is 12.3 Å². The highest BCUT2D eigenvalue weighted by atomic mass is 16.5. The lowest BCUT2D eigenvalue weighted by Crippen LogP contribution is -2.14. The van der Waals surface area contributed by atoms with E-state index in [1.807, 2.05) is 31.2 Å². The first-order chi connectivity index (χ1) is 6.74. The fourth-order valence-corrected chi connectivity index (χ4v) is 1.19. The topological polar surface area (TPSA) is 52.3 Å². The first kappa shape index (κ1) is 10.6. The summed E-state index contributed by atoms with van der Waals surface area (Å²) in [6, 6.07) is 7.47. The third-order valence-corrected chi connectivity index (χ3v) is 1.80. The molecule has 0 atom stereocenters. The average molecular weight is 193 g/mol. The SMILES string of the molecule is CCCOc1ccccc1CC(N)=O. The Balaban J connectivity index is 2.74. The predicted octanol–water partition coefficient (Wildman–Crippen LogP) is 1.50. The standard InChI is InChI=1S/C11H15NO2/c1-2-7-14-10-6-4-3-5-9(10)8-11(12)13/h3-6H,2,7-8H2,1H3,(H2,12,13). The first-order valence-electron chi connectivity index (χ1n) is 4.73. The number of primary amides is 1. The predicted molar refractivity (Wildman–Crippen MR) is 55.1 cm³/mol. The minimum Gasteiger partial charge on any atom is -0.493 e. The molecule has 1 amide bonds. The number of rotatable bonds is 5. The number of carbonyl (C=O) groups excluding carboxylic acids is 1. The number of para-hydroxylation sites is 1. The second kappa shape index (κ2) is 5.27. The fraction of sp³-hybridized carbons (Fsp3) is 0.364. The van der Waals surface area contributed by atoms with Crippen molar-refractivity contribution in [2.75, 3.05) is 6.61 Å². The van der Waals surface area contributed by atoms with Gasteiger partial charge in [-0.05, 0) is 12.5 Å². The van der Waals surface area contributed by atoms with Crippen molar-refractivity contribution >= 4 is 5.91 Å². The number of benzene rings is 1. The number of hydrogen-bond donors (Lipinski definition) is 1. The smallest absolute Gasteiger partial charge is 0.221 e. The summed E-state index contributed by atoms with van der Waals surface area (Å²) in [5.41, 5.74) is 5.98. The molecule has 0 saturated carbocycles. The van der Waals surface area contributed by atoms with Crippen LogP contribution in [0.25, 0.3) is 0 Å². The zero-order valence-electron chi connectivity index (χ0n) is 8.32. The Bertz CT molecular complexity index is 310. The van der Waals surface area contributed by atoms with Crippen molar-refractivity contribution < 1.29 is 9.53 Å². The first-order valence-corrected chi connectivity index (χ1v) is 4.73. The van der Waals surface area contributed by atoms with Gasteiger partial charge in [-0.25, -0.2) is 0 Å². The van der Waals surface area contributed by atoms with E-state index in [0.717, 1.165) is 17.7 Å². The van der Waals surface area contributed by atoms with Crippen molar-refractivity contribution in [2.24, 2.45) is 5.73 Å². The van der Waals surface area contributed by atoms with Crippen LogP contribution < -0.4 is 10.5 Å². The lowest BCUT2D eigenvalue weighted by Gasteiger charge is -2.08. The molecule has 0 spiro atoms. The Morgan fingerprint density at radius 1 is 1.43 bits per heavy atom. The second-order valence-corrected chi connectivity index (χ2v) is 3.10. The van der Waals surface area contributed by atoms with Crippen molar-refractivity contribution in [2.45, 2.75) is 19.8 Å². The summed E-state index contributed by atoms with van der Waals surface area (Å²) < 4.78 is 5.48. The highest BCUT2D eigenvalue weighted by Gasteiger charge is 2.04. The lowest BCUT2D eigenvalue weighted by atomic mass is 10.1. The Labute approximate surface area is 83.9 Å². The summed E-state index contributed by atoms with van der Waals surface area (Å²) in [6.07, 6.45) is 1.19. The van der Waals surface area contributed by atoms with Crippen LogP contribution in [0.4, 0.5) is 0 Å². The van der Waals surface area contributed by atoms with Gasteiger partial charge in [-0.2, -0.15) is 0 Å². The molecule has 0 aliphatic carbocycles. The molecule has 1 aromatic carbocycles. The highest BCUT2D eigenvalue weighted by molar-refractivity contribution is 5.77. The van der Waals surface area contributed by atoms with Gasteiger partial charge in [-0.15, -0.1) is 0 Å². The van der Waals surface area contributed by atoms with Crippen LogP contribution in [-0.4, -0.2) is 12.5 Å². The third-order valence-electron chi connectivity index (χ3n) is 1.80. The Hall–Kier alpha value is -1.51. The number of nitrogens with two attached hydrogens (primary N) is 1. The van der Waals surface area contributed by atoms with E-state index in [4.69, 9.17) is 10.5 Å². The molecule has 76 valence electrons. The van der Waals surface area contributed by atoms with E-state index in [0.29, 0.717) is 6.61 Å². The molecule has 14 heavy (non-hydrogen) atoms. The molecule has 0 heterocycles. The summed E-state index contributed by atoms with van der Waals surface area (Å²) in [7, 11) is 0. The molecule has 1 rings (SSSR count). The maximum absolute atomic E-state index is 10.8. The third kappa shape index (κ3) is 3.09. The van der Waals surface area contributed by atoms with Gasteiger partial charge in [-0.3, -0.25) is 4.79 Å². The molecular weight excluding hydrogens is 178 g/mol. The fourth-order valence-electron chi connectivity index (χ4n) is 1.19. The summed E-state index contributed by atoms with van der Waals surface area (Å²) in [5, 5.41) is 0. The van der Waals surface area contributed by atoms with Gasteiger partial charge in [0.2, 0.25) is 5.91 Å². The largest absolute Gasteiger partial charge is 0.493 e. The van der Waals surface area contributed by atoms with Crippen LogP contribution in [0.15, 0.2) is 24.3 Å². The molecule has 0 saturated heterocycles. The zero-order chi connectivity index (χ0) is 10.4. The molecular formula is C11H15NO2. The van der Waals surface area contributed by atoms with Crippen LogP contribution in [0.5, 0.6) is 5.75 Å². The zero-order valence-corrected chi connectivity index (χ0v) is 8.32. The highest BCUT2D eigenvalue weighted by Crippen LogP contribution is 2.18. The van der Waals surface area contributed by atoms with Gasteiger partial charge >= 0.3 is 0 Å². The van der Waals surface area contributed by atoms with E-state index in [2.05, 4.69) is 0 Å². The van der Waals surface area contributed by atoms with E-state index < -0.39 is 0 Å². The number of carbonyl (C=O) groups is 1. The summed E-state index contributed by atoms with van der Waals surface area (Å²) in [4.78, 5) is 10.8. The van der Waals surface area contributed by atoms with E-state index in [1.165, 1.54) is 0 Å². The van der Waals surface area contributed by atoms with Crippen molar-refractivity contribution in [1.29, 1.82) is 0 Å². The number of amides is 1. The lowest BCUT2D eigenvalue weighted by molar-refractivity contribution is -0.117. The molecule has 0 fully saturated rings. The van der Waals surface area contributed by atoms with Crippen LogP contribution in [0.2, 0.25) is 0 Å². The molecule has 3 heteroatoms. The van der Waals surface area contributed by atoms with Crippen molar-refractivity contribution in [3.63, 3.8) is 0 Å². The van der Waals surface area contributed by atoms with Crippen LogP contribution in [0.3, 0.4) is 0 Å². The van der Waals surface area contributed by atoms with Gasteiger partial charge in [0, 0.05) is 5.56 Å². The van der Waals surface area contributed by atoms with Crippen LogP contribution in [0.1, 0.15) is 18.9 Å². The molecule has 2 N–H and O–H groups in total. The van der Waals surface area contributed by atoms with Crippen molar-refractivity contribution in [3.05, 3.63) is 29.8 Å². The molecule has 0 aromatic heterocycles. The number of ether oxygens (including phenoxy) is 1. The monoisotopic (exact) mass is 193 g/mol. The van der Waals surface area contributed by atoms with Crippen molar-refractivity contribution in [1.82, 2.24) is 0 Å². The summed E-state index contributed by atoms with van der Waals surface area (Å²) >= 11 is 0. The average Bonchev–Trinajstić information content (AvgIpc) is 2.16. The quantitative estimate of drug-likeness (QED) is 0.770. The maximum atomic E-state index is 10.8. The summed E-state index contributed by atoms with van der Waals surface area (Å²) in [5.74, 6) is 0.422. The van der Waals surface area contributed by atoms with E-state index >= 15 is 0 Å². The Morgan fingerprint density at radius 2 is 2.14 bits per heavy atom. The van der Waals surface area contributed by atoms with Crippen LogP contribution >= 0.6 is 0 Å². The van der Waals surface area contributed by atoms with Crippen LogP contribution in [-0.2, 0) is 11.2 Å². The molecule has 0 radical (unpaired) electrons. The van der Waals surface area contributed by atoms with Gasteiger partial charge in [0.15, 0.2) is 0 Å². The van der Waals surface area contributed by atoms with Crippen LogP contribution in [0, 0.1) is 0 Å². The second-order valence-electron chi connectivity index (χ2n) is 3.10. The molecule has 0 aliphatic heterocycles. The van der Waals surface area contributed by atoms with Gasteiger partial charge in [-0.1, -0.05) is 25.1 Å². The van der Waals surface area contributed by atoms with E-state index in [1.54, 1.807) is 0 Å². The van der Waals surface area contributed by atoms with Gasteiger partial charge in [0.25, 0.3) is 0 Å². The Morgan fingerprint density at radius 3 is 2.79 bits per heavy atom. The molecule has 0 aliphatic rings. The minimum atomic E-state index is -0.336. The van der Waals surface area contributed by atoms with Gasteiger partial charge in [0.05, 0.1) is 13.0 Å². The normalized spacial score (nSPS) is 9.79. The molecule has 0 unspecified atom stereocenters. The Kier molecular flexibility index (Phi) is 3.98. The minimum absolute atomic E-state index is 0.236. The van der Waals surface area contributed by atoms with Gasteiger partial charge < -0.3 is 10.5 Å². The molecule has 3 nitrogen and oxygen atoms in total. The van der Waals surface area contributed by atoms with E-state index in [9.17, 15) is 4.79 Å². The molecule has 1 aromatic rings. The number of hydrogen-bond acceptors (Lipinski definition) is 2. The van der Waals surface area contributed by atoms with Crippen molar-refractivity contribution in [3.8, 4) is 5.75 Å². The maximum Gasteiger partial charge on any atom is 0.221 e.